The summed E-state index contributed by atoms with van der Waals surface area (Å²) in [6.45, 7) is 3.73. The van der Waals surface area contributed by atoms with Gasteiger partial charge in [-0.3, -0.25) is 9.48 Å². The highest BCUT2D eigenvalue weighted by molar-refractivity contribution is 5.90. The van der Waals surface area contributed by atoms with E-state index < -0.39 is 11.7 Å². The SMILES string of the molecule is Cc1ccnc(Oc2ccc(-c3cnc(Nc4cnn(C5CCNCC5)c4)nc3-c3ccc(C=CC(N)=O)cc3)cc2F)n1. The molecule has 12 heteroatoms. The number of nitrogens with two attached hydrogens (primary N) is 1. The second-order valence-electron chi connectivity index (χ2n) is 10.4. The number of aryl methyl sites for hydroxylation is 1. The fourth-order valence-electron chi connectivity index (χ4n) is 4.93. The van der Waals surface area contributed by atoms with Gasteiger partial charge in [-0.1, -0.05) is 30.3 Å². The first-order chi connectivity index (χ1) is 21.4. The number of carbonyl (C=O) groups excluding carboxylic acids is 1. The molecular weight excluding hydrogens is 561 g/mol. The third-order valence-corrected chi connectivity index (χ3v) is 7.17. The van der Waals surface area contributed by atoms with Crippen LogP contribution in [0.2, 0.25) is 0 Å². The molecule has 5 aromatic rings. The van der Waals surface area contributed by atoms with Crippen LogP contribution in [0.1, 0.15) is 30.1 Å². The number of anilines is 2. The van der Waals surface area contributed by atoms with Gasteiger partial charge in [0.1, 0.15) is 0 Å². The molecule has 0 saturated carbocycles. The van der Waals surface area contributed by atoms with Gasteiger partial charge in [-0.15, -0.1) is 0 Å². The Labute approximate surface area is 253 Å². The van der Waals surface area contributed by atoms with Crippen LogP contribution < -0.4 is 21.1 Å². The molecule has 222 valence electrons. The van der Waals surface area contributed by atoms with Gasteiger partial charge in [0, 0.05) is 41.5 Å². The molecule has 4 heterocycles. The second-order valence-corrected chi connectivity index (χ2v) is 10.4. The van der Waals surface area contributed by atoms with Gasteiger partial charge in [0.2, 0.25) is 11.9 Å². The van der Waals surface area contributed by atoms with Gasteiger partial charge in [-0.25, -0.2) is 24.3 Å². The predicted molar refractivity (Wildman–Crippen MR) is 165 cm³/mol. The lowest BCUT2D eigenvalue weighted by Gasteiger charge is -2.22. The quantitative estimate of drug-likeness (QED) is 0.197. The topological polar surface area (TPSA) is 146 Å². The van der Waals surface area contributed by atoms with Crippen molar-refractivity contribution in [3.05, 3.63) is 96.5 Å². The van der Waals surface area contributed by atoms with Crippen LogP contribution in [-0.4, -0.2) is 48.7 Å². The van der Waals surface area contributed by atoms with Gasteiger partial charge in [0.05, 0.1) is 23.6 Å². The van der Waals surface area contributed by atoms with E-state index in [0.29, 0.717) is 34.5 Å². The van der Waals surface area contributed by atoms with Crippen LogP contribution in [0.15, 0.2) is 79.4 Å². The summed E-state index contributed by atoms with van der Waals surface area (Å²) in [7, 11) is 0. The normalized spacial score (nSPS) is 13.7. The molecular formula is C32H30FN9O2. The number of benzene rings is 2. The van der Waals surface area contributed by atoms with Gasteiger partial charge in [-0.05, 0) is 68.3 Å². The average molecular weight is 592 g/mol. The minimum atomic E-state index is -0.585. The summed E-state index contributed by atoms with van der Waals surface area (Å²) in [5.74, 6) is -0.757. The summed E-state index contributed by atoms with van der Waals surface area (Å²) in [6.07, 6.45) is 11.9. The fraction of sp³-hybridized carbons (Fsp3) is 0.188. The lowest BCUT2D eigenvalue weighted by Crippen LogP contribution is -2.29. The van der Waals surface area contributed by atoms with E-state index in [0.717, 1.165) is 42.7 Å². The maximum atomic E-state index is 15.3. The van der Waals surface area contributed by atoms with E-state index in [1.165, 1.54) is 18.2 Å². The summed E-state index contributed by atoms with van der Waals surface area (Å²) < 4.78 is 22.9. The van der Waals surface area contributed by atoms with Gasteiger partial charge < -0.3 is 21.1 Å². The monoisotopic (exact) mass is 591 g/mol. The lowest BCUT2D eigenvalue weighted by atomic mass is 9.99. The molecule has 0 spiro atoms. The number of piperidine rings is 1. The first kappa shape index (κ1) is 28.6. The molecule has 0 aliphatic carbocycles. The van der Waals surface area contributed by atoms with Crippen molar-refractivity contribution in [1.29, 1.82) is 0 Å². The largest absolute Gasteiger partial charge is 0.421 e. The zero-order valence-corrected chi connectivity index (χ0v) is 23.9. The Morgan fingerprint density at radius 3 is 2.61 bits per heavy atom. The Morgan fingerprint density at radius 1 is 1.07 bits per heavy atom. The van der Waals surface area contributed by atoms with E-state index in [1.807, 2.05) is 35.1 Å². The van der Waals surface area contributed by atoms with Crippen molar-refractivity contribution in [3.63, 3.8) is 0 Å². The van der Waals surface area contributed by atoms with Crippen molar-refractivity contribution in [1.82, 2.24) is 35.0 Å². The van der Waals surface area contributed by atoms with Gasteiger partial charge in [-0.2, -0.15) is 5.10 Å². The number of rotatable bonds is 9. The van der Waals surface area contributed by atoms with Gasteiger partial charge >= 0.3 is 6.01 Å². The molecule has 3 aromatic heterocycles. The fourth-order valence-corrected chi connectivity index (χ4v) is 4.93. The number of halogens is 1. The van der Waals surface area contributed by atoms with Crippen LogP contribution in [0, 0.1) is 12.7 Å². The molecule has 1 fully saturated rings. The van der Waals surface area contributed by atoms with Crippen LogP contribution >= 0.6 is 0 Å². The van der Waals surface area contributed by atoms with Crippen LogP contribution in [0.5, 0.6) is 11.8 Å². The molecule has 2 aromatic carbocycles. The van der Waals surface area contributed by atoms with Crippen molar-refractivity contribution in [2.24, 2.45) is 5.73 Å². The number of aromatic nitrogens is 6. The minimum absolute atomic E-state index is 0.00328. The third kappa shape index (κ3) is 6.76. The van der Waals surface area contributed by atoms with Crippen molar-refractivity contribution in [2.45, 2.75) is 25.8 Å². The average Bonchev–Trinajstić information content (AvgIpc) is 3.50. The zero-order valence-electron chi connectivity index (χ0n) is 23.9. The van der Waals surface area contributed by atoms with Crippen LogP contribution in [0.25, 0.3) is 28.5 Å². The molecule has 0 unspecified atom stereocenters. The Morgan fingerprint density at radius 2 is 1.86 bits per heavy atom. The number of primary amides is 1. The molecule has 44 heavy (non-hydrogen) atoms. The van der Waals surface area contributed by atoms with E-state index in [-0.39, 0.29) is 11.8 Å². The lowest BCUT2D eigenvalue weighted by molar-refractivity contribution is -0.113. The van der Waals surface area contributed by atoms with Crippen molar-refractivity contribution in [3.8, 4) is 34.1 Å². The third-order valence-electron chi connectivity index (χ3n) is 7.17. The molecule has 1 saturated heterocycles. The molecule has 0 atom stereocenters. The van der Waals surface area contributed by atoms with Gasteiger partial charge in [0.25, 0.3) is 0 Å². The molecule has 0 radical (unpaired) electrons. The molecule has 0 bridgehead atoms. The number of nitrogens with one attached hydrogen (secondary N) is 2. The Hall–Kier alpha value is -5.49. The van der Waals surface area contributed by atoms with E-state index in [1.54, 1.807) is 43.7 Å². The van der Waals surface area contributed by atoms with Crippen LogP contribution in [0.3, 0.4) is 0 Å². The highest BCUT2D eigenvalue weighted by Crippen LogP contribution is 2.34. The summed E-state index contributed by atoms with van der Waals surface area (Å²) in [5, 5.41) is 11.2. The van der Waals surface area contributed by atoms with E-state index >= 15 is 4.39 Å². The first-order valence-corrected chi connectivity index (χ1v) is 14.2. The number of nitrogens with zero attached hydrogens (tertiary/aromatic N) is 6. The summed E-state index contributed by atoms with van der Waals surface area (Å²) in [5.41, 5.74) is 10.0. The van der Waals surface area contributed by atoms with Gasteiger partial charge in [0.15, 0.2) is 11.6 Å². The Kier molecular flexibility index (Phi) is 8.32. The van der Waals surface area contributed by atoms with Crippen molar-refractivity contribution < 1.29 is 13.9 Å². The maximum absolute atomic E-state index is 15.3. The first-order valence-electron chi connectivity index (χ1n) is 14.2. The maximum Gasteiger partial charge on any atom is 0.322 e. The predicted octanol–water partition coefficient (Wildman–Crippen LogP) is 5.20. The number of hydrogen-bond acceptors (Lipinski definition) is 9. The Balaban J connectivity index is 1.32. The van der Waals surface area contributed by atoms with E-state index in [2.05, 4.69) is 30.7 Å². The smallest absolute Gasteiger partial charge is 0.322 e. The molecule has 1 aliphatic heterocycles. The van der Waals surface area contributed by atoms with Crippen LogP contribution in [-0.2, 0) is 4.79 Å². The molecule has 6 rings (SSSR count). The molecule has 1 amide bonds. The second kappa shape index (κ2) is 12.8. The number of hydrogen-bond donors (Lipinski definition) is 3. The zero-order chi connectivity index (χ0) is 30.5. The summed E-state index contributed by atoms with van der Waals surface area (Å²) in [4.78, 5) is 28.8. The number of amides is 1. The highest BCUT2D eigenvalue weighted by atomic mass is 19.1. The summed E-state index contributed by atoms with van der Waals surface area (Å²) >= 11 is 0. The Bertz CT molecular complexity index is 1820. The summed E-state index contributed by atoms with van der Waals surface area (Å²) in [6, 6.07) is 14.2. The van der Waals surface area contributed by atoms with Crippen molar-refractivity contribution >= 4 is 23.6 Å². The standard InChI is InChI=1S/C32H30FN9O2/c1-20-10-15-36-32(39-20)44-28-8-7-23(16-27(28)33)26-18-37-31(40-24-17-38-42(19-24)25-11-13-35-14-12-25)41-30(26)22-5-2-21(3-6-22)4-9-29(34)43/h2-10,15-19,25,35H,11-14H2,1H3,(H2,34,43)(H,37,40,41). The van der Waals surface area contributed by atoms with Crippen molar-refractivity contribution in [2.75, 3.05) is 18.4 Å². The molecule has 4 N–H and O–H groups in total. The highest BCUT2D eigenvalue weighted by Gasteiger charge is 2.18. The number of ether oxygens (including phenoxy) is 1. The van der Waals surface area contributed by atoms with E-state index in [9.17, 15) is 4.79 Å². The minimum Gasteiger partial charge on any atom is -0.421 e. The molecule has 11 nitrogen and oxygen atoms in total. The molecule has 1 aliphatic rings. The number of carbonyl (C=O) groups is 1. The van der Waals surface area contributed by atoms with Crippen LogP contribution in [0.4, 0.5) is 16.0 Å². The van der Waals surface area contributed by atoms with E-state index in [4.69, 9.17) is 15.5 Å².